The number of nitrogens with one attached hydrogen (secondary N) is 1. The minimum Gasteiger partial charge on any atom is -0.386 e. The highest BCUT2D eigenvalue weighted by atomic mass is 32.1. The molecule has 0 bridgehead atoms. The smallest absolute Gasteiger partial charge is 0.142 e. The van der Waals surface area contributed by atoms with Crippen molar-refractivity contribution in [1.82, 2.24) is 15.3 Å². The molecule has 6 heteroatoms. The van der Waals surface area contributed by atoms with Crippen molar-refractivity contribution in [3.05, 3.63) is 35.5 Å². The molecule has 1 saturated heterocycles. The molecule has 0 spiro atoms. The Balaban J connectivity index is 1.55. The predicted octanol–water partition coefficient (Wildman–Crippen LogP) is 1.45. The van der Waals surface area contributed by atoms with Gasteiger partial charge in [0.2, 0.25) is 0 Å². The highest BCUT2D eigenvalue weighted by Gasteiger charge is 2.31. The van der Waals surface area contributed by atoms with Crippen molar-refractivity contribution >= 4 is 11.3 Å². The van der Waals surface area contributed by atoms with Gasteiger partial charge in [-0.3, -0.25) is 4.98 Å². The van der Waals surface area contributed by atoms with Gasteiger partial charge in [-0.1, -0.05) is 6.07 Å². The van der Waals surface area contributed by atoms with Crippen LogP contribution in [0.2, 0.25) is 0 Å². The molecule has 1 atom stereocenters. The van der Waals surface area contributed by atoms with Gasteiger partial charge < -0.3 is 15.2 Å². The molecular weight excluding hydrogens is 274 g/mol. The van der Waals surface area contributed by atoms with Crippen LogP contribution in [-0.2, 0) is 11.3 Å². The van der Waals surface area contributed by atoms with E-state index in [1.807, 2.05) is 23.6 Å². The first-order chi connectivity index (χ1) is 9.75. The van der Waals surface area contributed by atoms with Crippen molar-refractivity contribution in [1.29, 1.82) is 0 Å². The second kappa shape index (κ2) is 5.97. The standard InChI is InChI=1S/C14H17N3O2S/c18-14(4-6-19-10-14)9-15-7-11-8-20-13(17-11)12-3-1-2-5-16-12/h1-3,5,8,15,18H,4,6-7,9-10H2. The van der Waals surface area contributed by atoms with Crippen LogP contribution in [0, 0.1) is 0 Å². The van der Waals surface area contributed by atoms with E-state index in [4.69, 9.17) is 4.74 Å². The molecule has 2 N–H and O–H groups in total. The molecule has 20 heavy (non-hydrogen) atoms. The summed E-state index contributed by atoms with van der Waals surface area (Å²) in [5.74, 6) is 0. The average Bonchev–Trinajstić information content (AvgIpc) is 3.10. The SMILES string of the molecule is OC1(CNCc2csc(-c3ccccn3)n2)CCOC1. The van der Waals surface area contributed by atoms with Gasteiger partial charge in [-0.15, -0.1) is 11.3 Å². The minimum atomic E-state index is -0.722. The summed E-state index contributed by atoms with van der Waals surface area (Å²) in [4.78, 5) is 8.84. The highest BCUT2D eigenvalue weighted by Crippen LogP contribution is 2.21. The van der Waals surface area contributed by atoms with Crippen LogP contribution in [0.25, 0.3) is 10.7 Å². The van der Waals surface area contributed by atoms with E-state index in [1.54, 1.807) is 17.5 Å². The lowest BCUT2D eigenvalue weighted by Crippen LogP contribution is -2.40. The Labute approximate surface area is 121 Å². The molecule has 0 aromatic carbocycles. The molecule has 3 rings (SSSR count). The first-order valence-corrected chi connectivity index (χ1v) is 7.50. The van der Waals surface area contributed by atoms with Crippen molar-refractivity contribution in [2.75, 3.05) is 19.8 Å². The van der Waals surface area contributed by atoms with Gasteiger partial charge in [0.15, 0.2) is 0 Å². The van der Waals surface area contributed by atoms with Gasteiger partial charge in [0.25, 0.3) is 0 Å². The van der Waals surface area contributed by atoms with Crippen molar-refractivity contribution < 1.29 is 9.84 Å². The average molecular weight is 291 g/mol. The molecule has 0 saturated carbocycles. The zero-order valence-corrected chi connectivity index (χ0v) is 11.9. The van der Waals surface area contributed by atoms with Crippen molar-refractivity contribution in [3.8, 4) is 10.7 Å². The van der Waals surface area contributed by atoms with Gasteiger partial charge >= 0.3 is 0 Å². The Bertz CT molecular complexity index is 553. The van der Waals surface area contributed by atoms with E-state index in [-0.39, 0.29) is 0 Å². The molecule has 1 unspecified atom stereocenters. The second-order valence-corrected chi connectivity index (χ2v) is 5.85. The van der Waals surface area contributed by atoms with Crippen LogP contribution in [0.1, 0.15) is 12.1 Å². The van der Waals surface area contributed by atoms with E-state index in [9.17, 15) is 5.11 Å². The Morgan fingerprint density at radius 1 is 1.45 bits per heavy atom. The monoisotopic (exact) mass is 291 g/mol. The zero-order valence-electron chi connectivity index (χ0n) is 11.1. The molecule has 3 heterocycles. The summed E-state index contributed by atoms with van der Waals surface area (Å²) >= 11 is 1.58. The number of hydrogen-bond acceptors (Lipinski definition) is 6. The molecule has 0 amide bonds. The molecule has 2 aromatic heterocycles. The third kappa shape index (κ3) is 3.21. The predicted molar refractivity (Wildman–Crippen MR) is 77.4 cm³/mol. The number of hydrogen-bond donors (Lipinski definition) is 2. The molecule has 2 aromatic rings. The largest absolute Gasteiger partial charge is 0.386 e. The lowest BCUT2D eigenvalue weighted by Gasteiger charge is -2.20. The third-order valence-electron chi connectivity index (χ3n) is 3.28. The summed E-state index contributed by atoms with van der Waals surface area (Å²) in [7, 11) is 0. The third-order valence-corrected chi connectivity index (χ3v) is 4.19. The fourth-order valence-corrected chi connectivity index (χ4v) is 2.95. The maximum absolute atomic E-state index is 10.1. The van der Waals surface area contributed by atoms with Gasteiger partial charge in [0, 0.05) is 37.7 Å². The molecular formula is C14H17N3O2S. The van der Waals surface area contributed by atoms with E-state index >= 15 is 0 Å². The van der Waals surface area contributed by atoms with Gasteiger partial charge in [-0.25, -0.2) is 4.98 Å². The lowest BCUT2D eigenvalue weighted by atomic mass is 10.0. The molecule has 0 radical (unpaired) electrons. The maximum atomic E-state index is 10.1. The maximum Gasteiger partial charge on any atom is 0.142 e. The number of ether oxygens (including phenoxy) is 1. The summed E-state index contributed by atoms with van der Waals surface area (Å²) in [5.41, 5.74) is 1.14. The summed E-state index contributed by atoms with van der Waals surface area (Å²) in [5, 5.41) is 16.3. The van der Waals surface area contributed by atoms with Gasteiger partial charge in [-0.05, 0) is 12.1 Å². The van der Waals surface area contributed by atoms with Gasteiger partial charge in [-0.2, -0.15) is 0 Å². The number of aliphatic hydroxyl groups is 1. The first-order valence-electron chi connectivity index (χ1n) is 6.62. The Morgan fingerprint density at radius 3 is 3.15 bits per heavy atom. The summed E-state index contributed by atoms with van der Waals surface area (Å²) < 4.78 is 5.21. The fourth-order valence-electron chi connectivity index (χ4n) is 2.15. The number of nitrogens with zero attached hydrogens (tertiary/aromatic N) is 2. The normalized spacial score (nSPS) is 22.2. The number of thiazole rings is 1. The fraction of sp³-hybridized carbons (Fsp3) is 0.429. The van der Waals surface area contributed by atoms with Crippen LogP contribution >= 0.6 is 11.3 Å². The van der Waals surface area contributed by atoms with E-state index < -0.39 is 5.60 Å². The first kappa shape index (κ1) is 13.6. The van der Waals surface area contributed by atoms with Crippen LogP contribution in [0.3, 0.4) is 0 Å². The highest BCUT2D eigenvalue weighted by molar-refractivity contribution is 7.13. The van der Waals surface area contributed by atoms with Crippen molar-refractivity contribution in [3.63, 3.8) is 0 Å². The van der Waals surface area contributed by atoms with Crippen molar-refractivity contribution in [2.24, 2.45) is 0 Å². The minimum absolute atomic E-state index is 0.413. The number of aromatic nitrogens is 2. The Morgan fingerprint density at radius 2 is 2.40 bits per heavy atom. The summed E-state index contributed by atoms with van der Waals surface area (Å²) in [6.07, 6.45) is 2.46. The summed E-state index contributed by atoms with van der Waals surface area (Å²) in [6, 6.07) is 5.80. The number of rotatable bonds is 5. The van der Waals surface area contributed by atoms with Crippen LogP contribution in [-0.4, -0.2) is 40.4 Å². The van der Waals surface area contributed by atoms with Crippen LogP contribution in [0.15, 0.2) is 29.8 Å². The molecule has 5 nitrogen and oxygen atoms in total. The van der Waals surface area contributed by atoms with Gasteiger partial charge in [0.1, 0.15) is 10.6 Å². The van der Waals surface area contributed by atoms with Crippen LogP contribution < -0.4 is 5.32 Å². The Kier molecular flexibility index (Phi) is 4.07. The van der Waals surface area contributed by atoms with E-state index in [1.165, 1.54) is 0 Å². The number of pyridine rings is 1. The molecule has 1 aliphatic rings. The van der Waals surface area contributed by atoms with Gasteiger partial charge in [0.05, 0.1) is 18.0 Å². The van der Waals surface area contributed by atoms with Crippen LogP contribution in [0.5, 0.6) is 0 Å². The summed E-state index contributed by atoms with van der Waals surface area (Å²) in [6.45, 7) is 2.23. The lowest BCUT2D eigenvalue weighted by molar-refractivity contribution is 0.0268. The van der Waals surface area contributed by atoms with Crippen molar-refractivity contribution in [2.45, 2.75) is 18.6 Å². The van der Waals surface area contributed by atoms with E-state index in [0.29, 0.717) is 32.7 Å². The zero-order chi connectivity index (χ0) is 13.8. The molecule has 1 aliphatic heterocycles. The van der Waals surface area contributed by atoms with E-state index in [2.05, 4.69) is 15.3 Å². The second-order valence-electron chi connectivity index (χ2n) is 4.99. The Hall–Kier alpha value is -1.34. The topological polar surface area (TPSA) is 67.3 Å². The van der Waals surface area contributed by atoms with Crippen LogP contribution in [0.4, 0.5) is 0 Å². The van der Waals surface area contributed by atoms with E-state index in [0.717, 1.165) is 16.4 Å². The molecule has 0 aliphatic carbocycles. The quantitative estimate of drug-likeness (QED) is 0.872. The molecule has 106 valence electrons. The molecule has 1 fully saturated rings.